The molecule has 8 nitrogen and oxygen atoms in total. The summed E-state index contributed by atoms with van der Waals surface area (Å²) < 4.78 is 0. The van der Waals surface area contributed by atoms with E-state index in [1.807, 2.05) is 20.8 Å². The SMILES string of the molecule is CCNc1ncc([N+](=O)[O-])c(NC2CC(O)C2(C)C)n1. The van der Waals surface area contributed by atoms with Crippen molar-refractivity contribution in [2.24, 2.45) is 5.41 Å². The quantitative estimate of drug-likeness (QED) is 0.552. The van der Waals surface area contributed by atoms with Crippen LogP contribution in [0.2, 0.25) is 0 Å². The fraction of sp³-hybridized carbons (Fsp3) is 0.667. The van der Waals surface area contributed by atoms with Gasteiger partial charge in [-0.15, -0.1) is 0 Å². The number of hydrogen-bond donors (Lipinski definition) is 3. The van der Waals surface area contributed by atoms with Gasteiger partial charge in [-0.1, -0.05) is 13.8 Å². The molecule has 0 amide bonds. The van der Waals surface area contributed by atoms with Crippen LogP contribution in [0.15, 0.2) is 6.20 Å². The van der Waals surface area contributed by atoms with Crippen LogP contribution in [0.4, 0.5) is 17.5 Å². The Morgan fingerprint density at radius 3 is 2.80 bits per heavy atom. The van der Waals surface area contributed by atoms with E-state index < -0.39 is 11.0 Å². The van der Waals surface area contributed by atoms with Crippen molar-refractivity contribution in [1.82, 2.24) is 9.97 Å². The van der Waals surface area contributed by atoms with Crippen LogP contribution in [0.5, 0.6) is 0 Å². The van der Waals surface area contributed by atoms with E-state index in [9.17, 15) is 15.2 Å². The number of aromatic nitrogens is 2. The highest BCUT2D eigenvalue weighted by atomic mass is 16.6. The molecule has 0 aromatic carbocycles. The molecule has 1 aromatic heterocycles. The van der Waals surface area contributed by atoms with Gasteiger partial charge in [0.1, 0.15) is 6.20 Å². The monoisotopic (exact) mass is 281 g/mol. The van der Waals surface area contributed by atoms with E-state index in [0.29, 0.717) is 18.9 Å². The summed E-state index contributed by atoms with van der Waals surface area (Å²) in [6.07, 6.45) is 1.33. The summed E-state index contributed by atoms with van der Waals surface area (Å²) in [5, 5.41) is 26.7. The van der Waals surface area contributed by atoms with Crippen LogP contribution < -0.4 is 10.6 Å². The van der Waals surface area contributed by atoms with Gasteiger partial charge in [0, 0.05) is 18.0 Å². The van der Waals surface area contributed by atoms with Gasteiger partial charge in [0.2, 0.25) is 11.8 Å². The lowest BCUT2D eigenvalue weighted by Gasteiger charge is -2.49. The molecule has 110 valence electrons. The third-order valence-corrected chi connectivity index (χ3v) is 3.83. The molecule has 2 rings (SSSR count). The predicted molar refractivity (Wildman–Crippen MR) is 74.7 cm³/mol. The predicted octanol–water partition coefficient (Wildman–Crippen LogP) is 1.39. The summed E-state index contributed by atoms with van der Waals surface area (Å²) in [6, 6.07) is -0.0550. The molecular formula is C12H19N5O3. The zero-order chi connectivity index (χ0) is 14.9. The Balaban J connectivity index is 2.24. The Labute approximate surface area is 116 Å². The van der Waals surface area contributed by atoms with E-state index in [1.165, 1.54) is 6.20 Å². The summed E-state index contributed by atoms with van der Waals surface area (Å²) in [6.45, 7) is 6.35. The van der Waals surface area contributed by atoms with Gasteiger partial charge in [-0.05, 0) is 13.3 Å². The van der Waals surface area contributed by atoms with Gasteiger partial charge in [-0.2, -0.15) is 4.98 Å². The van der Waals surface area contributed by atoms with Crippen LogP contribution in [-0.4, -0.2) is 38.7 Å². The van der Waals surface area contributed by atoms with Crippen LogP contribution in [0.3, 0.4) is 0 Å². The summed E-state index contributed by atoms with van der Waals surface area (Å²) in [5.74, 6) is 0.532. The molecule has 20 heavy (non-hydrogen) atoms. The standard InChI is InChI=1S/C12H19N5O3/c1-4-13-11-14-6-7(17(19)20)10(16-11)15-8-5-9(18)12(8,2)3/h6,8-9,18H,4-5H2,1-3H3,(H2,13,14,15,16). The Hall–Kier alpha value is -1.96. The van der Waals surface area contributed by atoms with E-state index in [-0.39, 0.29) is 23.0 Å². The second kappa shape index (κ2) is 5.20. The minimum absolute atomic E-state index is 0.0550. The smallest absolute Gasteiger partial charge is 0.329 e. The van der Waals surface area contributed by atoms with Gasteiger partial charge >= 0.3 is 5.69 Å². The number of rotatable bonds is 5. The molecule has 2 unspecified atom stereocenters. The highest BCUT2D eigenvalue weighted by Gasteiger charge is 2.48. The normalized spacial score (nSPS) is 23.8. The Morgan fingerprint density at radius 1 is 1.60 bits per heavy atom. The van der Waals surface area contributed by atoms with E-state index in [4.69, 9.17) is 0 Å². The van der Waals surface area contributed by atoms with E-state index in [2.05, 4.69) is 20.6 Å². The Morgan fingerprint density at radius 2 is 2.30 bits per heavy atom. The topological polar surface area (TPSA) is 113 Å². The molecule has 1 fully saturated rings. The third-order valence-electron chi connectivity index (χ3n) is 3.83. The van der Waals surface area contributed by atoms with Crippen molar-refractivity contribution in [3.05, 3.63) is 16.3 Å². The maximum absolute atomic E-state index is 11.0. The lowest BCUT2D eigenvalue weighted by atomic mass is 9.64. The maximum Gasteiger partial charge on any atom is 0.329 e. The first-order valence-electron chi connectivity index (χ1n) is 6.56. The number of nitro groups is 1. The van der Waals surface area contributed by atoms with Gasteiger partial charge in [-0.3, -0.25) is 10.1 Å². The zero-order valence-corrected chi connectivity index (χ0v) is 11.8. The molecule has 1 aliphatic carbocycles. The molecule has 0 saturated heterocycles. The summed E-state index contributed by atoms with van der Waals surface area (Å²) in [5.41, 5.74) is -0.499. The van der Waals surface area contributed by atoms with E-state index in [0.717, 1.165) is 0 Å². The minimum Gasteiger partial charge on any atom is -0.392 e. The molecule has 8 heteroatoms. The Bertz CT molecular complexity index is 520. The van der Waals surface area contributed by atoms with E-state index >= 15 is 0 Å². The lowest BCUT2D eigenvalue weighted by Crippen LogP contribution is -2.57. The molecule has 0 aliphatic heterocycles. The molecule has 1 saturated carbocycles. The maximum atomic E-state index is 11.0. The fourth-order valence-corrected chi connectivity index (χ4v) is 2.17. The van der Waals surface area contributed by atoms with Crippen molar-refractivity contribution < 1.29 is 10.0 Å². The van der Waals surface area contributed by atoms with E-state index in [1.54, 1.807) is 0 Å². The molecule has 1 heterocycles. The number of hydrogen-bond acceptors (Lipinski definition) is 7. The molecule has 2 atom stereocenters. The Kier molecular flexibility index (Phi) is 3.76. The van der Waals surface area contributed by atoms with Crippen molar-refractivity contribution >= 4 is 17.5 Å². The number of aliphatic hydroxyl groups excluding tert-OH is 1. The number of nitrogens with one attached hydrogen (secondary N) is 2. The van der Waals surface area contributed by atoms with Gasteiger partial charge in [0.05, 0.1) is 11.0 Å². The largest absolute Gasteiger partial charge is 0.392 e. The second-order valence-electron chi connectivity index (χ2n) is 5.48. The highest BCUT2D eigenvalue weighted by Crippen LogP contribution is 2.42. The van der Waals surface area contributed by atoms with Crippen molar-refractivity contribution in [3.8, 4) is 0 Å². The van der Waals surface area contributed by atoms with Crippen LogP contribution in [0.25, 0.3) is 0 Å². The minimum atomic E-state index is -0.514. The van der Waals surface area contributed by atoms with Gasteiger partial charge in [0.15, 0.2) is 0 Å². The van der Waals surface area contributed by atoms with Crippen molar-refractivity contribution in [1.29, 1.82) is 0 Å². The average molecular weight is 281 g/mol. The summed E-state index contributed by atoms with van der Waals surface area (Å²) in [4.78, 5) is 18.5. The van der Waals surface area contributed by atoms with Crippen LogP contribution in [-0.2, 0) is 0 Å². The van der Waals surface area contributed by atoms with Crippen LogP contribution in [0, 0.1) is 15.5 Å². The summed E-state index contributed by atoms with van der Waals surface area (Å²) >= 11 is 0. The molecular weight excluding hydrogens is 262 g/mol. The molecule has 1 aliphatic rings. The summed E-state index contributed by atoms with van der Waals surface area (Å²) in [7, 11) is 0. The zero-order valence-electron chi connectivity index (χ0n) is 11.8. The van der Waals surface area contributed by atoms with Crippen LogP contribution >= 0.6 is 0 Å². The highest BCUT2D eigenvalue weighted by molar-refractivity contribution is 5.58. The van der Waals surface area contributed by atoms with Gasteiger partial charge < -0.3 is 15.7 Å². The molecule has 1 aromatic rings. The van der Waals surface area contributed by atoms with Gasteiger partial charge in [0.25, 0.3) is 0 Å². The van der Waals surface area contributed by atoms with Crippen molar-refractivity contribution in [2.75, 3.05) is 17.2 Å². The molecule has 0 radical (unpaired) electrons. The number of nitrogens with zero attached hydrogens (tertiary/aromatic N) is 3. The first-order valence-corrected chi connectivity index (χ1v) is 6.56. The average Bonchev–Trinajstić information content (AvgIpc) is 2.38. The molecule has 0 spiro atoms. The molecule has 0 bridgehead atoms. The fourth-order valence-electron chi connectivity index (χ4n) is 2.17. The van der Waals surface area contributed by atoms with Crippen molar-refractivity contribution in [2.45, 2.75) is 39.3 Å². The molecule has 3 N–H and O–H groups in total. The number of anilines is 2. The number of aliphatic hydroxyl groups is 1. The second-order valence-corrected chi connectivity index (χ2v) is 5.48. The van der Waals surface area contributed by atoms with Gasteiger partial charge in [-0.25, -0.2) is 4.98 Å². The van der Waals surface area contributed by atoms with Crippen LogP contribution in [0.1, 0.15) is 27.2 Å². The first kappa shape index (κ1) is 14.4. The third kappa shape index (κ3) is 2.51. The first-order chi connectivity index (χ1) is 9.36. The lowest BCUT2D eigenvalue weighted by molar-refractivity contribution is -0.384. The van der Waals surface area contributed by atoms with Crippen molar-refractivity contribution in [3.63, 3.8) is 0 Å².